The van der Waals surface area contributed by atoms with E-state index in [0.717, 1.165) is 12.4 Å². The van der Waals surface area contributed by atoms with Gasteiger partial charge in [0, 0.05) is 31.4 Å². The third kappa shape index (κ3) is 5.20. The number of carbonyl (C=O) groups excluding carboxylic acids is 2. The Kier molecular flexibility index (Phi) is 7.08. The van der Waals surface area contributed by atoms with E-state index in [1.54, 1.807) is 12.3 Å². The lowest BCUT2D eigenvalue weighted by Gasteiger charge is -2.26. The molecule has 1 heterocycles. The van der Waals surface area contributed by atoms with E-state index in [1.165, 1.54) is 19.3 Å². The molecule has 0 fully saturated rings. The van der Waals surface area contributed by atoms with Gasteiger partial charge in [-0.3, -0.25) is 4.79 Å². The lowest BCUT2D eigenvalue weighted by Crippen LogP contribution is -2.31. The Hall–Kier alpha value is -2.37. The molecule has 6 nitrogen and oxygen atoms in total. The maximum absolute atomic E-state index is 11.9. The monoisotopic (exact) mass is 305 g/mol. The molecular formula is C16H23N3O3. The number of pyridine rings is 1. The van der Waals surface area contributed by atoms with Crippen LogP contribution in [0.25, 0.3) is 0 Å². The summed E-state index contributed by atoms with van der Waals surface area (Å²) in [5, 5.41) is 2.68. The van der Waals surface area contributed by atoms with Gasteiger partial charge in [-0.2, -0.15) is 0 Å². The van der Waals surface area contributed by atoms with Crippen LogP contribution in [0.2, 0.25) is 0 Å². The Morgan fingerprint density at radius 2 is 2.14 bits per heavy atom. The second-order valence-corrected chi connectivity index (χ2v) is 4.92. The number of hydrogen-bond donors (Lipinski definition) is 1. The Balaban J connectivity index is 2.61. The average Bonchev–Trinajstić information content (AvgIpc) is 2.52. The molecule has 0 spiro atoms. The van der Waals surface area contributed by atoms with Crippen molar-refractivity contribution in [2.24, 2.45) is 0 Å². The molecule has 22 heavy (non-hydrogen) atoms. The van der Waals surface area contributed by atoms with Gasteiger partial charge in [-0.25, -0.2) is 9.78 Å². The zero-order valence-corrected chi connectivity index (χ0v) is 13.5. The number of amides is 1. The summed E-state index contributed by atoms with van der Waals surface area (Å²) in [7, 11) is 1.30. The van der Waals surface area contributed by atoms with Crippen molar-refractivity contribution < 1.29 is 14.3 Å². The van der Waals surface area contributed by atoms with Gasteiger partial charge in [-0.15, -0.1) is 0 Å². The first kappa shape index (κ1) is 17.7. The first-order valence-corrected chi connectivity index (χ1v) is 7.25. The Morgan fingerprint density at radius 3 is 2.64 bits per heavy atom. The van der Waals surface area contributed by atoms with E-state index < -0.39 is 5.97 Å². The van der Waals surface area contributed by atoms with Crippen molar-refractivity contribution in [3.8, 4) is 0 Å². The molecule has 1 rings (SSSR count). The smallest absolute Gasteiger partial charge is 0.330 e. The van der Waals surface area contributed by atoms with Gasteiger partial charge in [0.25, 0.3) is 5.91 Å². The van der Waals surface area contributed by atoms with Crippen LogP contribution in [0.1, 0.15) is 31.1 Å². The van der Waals surface area contributed by atoms with Gasteiger partial charge in [0.15, 0.2) is 0 Å². The third-order valence-corrected chi connectivity index (χ3v) is 3.10. The van der Waals surface area contributed by atoms with E-state index in [0.29, 0.717) is 11.6 Å². The highest BCUT2D eigenvalue weighted by Gasteiger charge is 2.11. The molecule has 0 aromatic carbocycles. The number of esters is 1. The number of nitrogens with one attached hydrogen (secondary N) is 1. The number of nitrogens with zero attached hydrogens (tertiary/aromatic N) is 2. The Bertz CT molecular complexity index is 524. The van der Waals surface area contributed by atoms with Gasteiger partial charge < -0.3 is 15.0 Å². The van der Waals surface area contributed by atoms with E-state index in [1.807, 2.05) is 6.07 Å². The fraction of sp³-hybridized carbons (Fsp3) is 0.438. The Morgan fingerprint density at radius 1 is 1.41 bits per heavy atom. The Labute approximate surface area is 131 Å². The van der Waals surface area contributed by atoms with Gasteiger partial charge in [0.1, 0.15) is 5.82 Å². The molecule has 0 atom stereocenters. The normalized spacial score (nSPS) is 10.8. The van der Waals surface area contributed by atoms with Crippen LogP contribution in [0.3, 0.4) is 0 Å². The molecule has 0 aliphatic rings. The number of hydrogen-bond acceptors (Lipinski definition) is 5. The summed E-state index contributed by atoms with van der Waals surface area (Å²) in [5.41, 5.74) is 0.482. The topological polar surface area (TPSA) is 71.5 Å². The van der Waals surface area contributed by atoms with Crippen LogP contribution in [0.15, 0.2) is 30.5 Å². The number of rotatable bonds is 7. The minimum absolute atomic E-state index is 0.235. The molecule has 1 amide bonds. The van der Waals surface area contributed by atoms with Gasteiger partial charge in [-0.05, 0) is 32.9 Å². The summed E-state index contributed by atoms with van der Waals surface area (Å²) in [6.45, 7) is 7.37. The van der Waals surface area contributed by atoms with Crippen molar-refractivity contribution in [3.63, 3.8) is 0 Å². The van der Waals surface area contributed by atoms with Crippen molar-refractivity contribution in [1.82, 2.24) is 10.3 Å². The van der Waals surface area contributed by atoms with Crippen molar-refractivity contribution >= 4 is 17.7 Å². The highest BCUT2D eigenvalue weighted by molar-refractivity contribution is 5.94. The SMILES string of the molecule is CCN(c1ccc(C(=O)NC/C=C/C(=O)OC)cn1)C(C)C. The second kappa shape index (κ2) is 8.81. The molecule has 120 valence electrons. The zero-order chi connectivity index (χ0) is 16.5. The third-order valence-electron chi connectivity index (χ3n) is 3.10. The first-order valence-electron chi connectivity index (χ1n) is 7.25. The second-order valence-electron chi connectivity index (χ2n) is 4.92. The molecule has 0 radical (unpaired) electrons. The molecule has 0 saturated heterocycles. The standard InChI is InChI=1S/C16H23N3O3/c1-5-19(12(2)3)14-9-8-13(11-18-14)16(21)17-10-6-7-15(20)22-4/h6-9,11-12H,5,10H2,1-4H3,(H,17,21)/b7-6+. The van der Waals surface area contributed by atoms with Gasteiger partial charge in [0.2, 0.25) is 0 Å². The predicted molar refractivity (Wildman–Crippen MR) is 85.9 cm³/mol. The summed E-state index contributed by atoms with van der Waals surface area (Å²) in [6, 6.07) is 3.93. The maximum atomic E-state index is 11.9. The van der Waals surface area contributed by atoms with Crippen molar-refractivity contribution in [1.29, 1.82) is 0 Å². The van der Waals surface area contributed by atoms with Crippen molar-refractivity contribution in [3.05, 3.63) is 36.0 Å². The largest absolute Gasteiger partial charge is 0.466 e. The molecule has 0 saturated carbocycles. The van der Waals surface area contributed by atoms with E-state index in [9.17, 15) is 9.59 Å². The molecule has 0 aliphatic heterocycles. The summed E-state index contributed by atoms with van der Waals surface area (Å²) < 4.78 is 4.45. The van der Waals surface area contributed by atoms with Crippen LogP contribution >= 0.6 is 0 Å². The van der Waals surface area contributed by atoms with E-state index in [2.05, 4.69) is 40.7 Å². The van der Waals surface area contributed by atoms with Crippen molar-refractivity contribution in [2.75, 3.05) is 25.1 Å². The van der Waals surface area contributed by atoms with E-state index in [4.69, 9.17) is 0 Å². The molecule has 0 unspecified atom stereocenters. The first-order chi connectivity index (χ1) is 10.5. The van der Waals surface area contributed by atoms with Gasteiger partial charge in [-0.1, -0.05) is 6.08 Å². The fourth-order valence-electron chi connectivity index (χ4n) is 1.96. The van der Waals surface area contributed by atoms with Crippen LogP contribution in [0.5, 0.6) is 0 Å². The minimum atomic E-state index is -0.450. The molecule has 0 bridgehead atoms. The molecule has 1 aromatic heterocycles. The number of methoxy groups -OCH3 is 1. The minimum Gasteiger partial charge on any atom is -0.466 e. The molecule has 1 N–H and O–H groups in total. The van der Waals surface area contributed by atoms with Crippen LogP contribution in [-0.4, -0.2) is 43.1 Å². The summed E-state index contributed by atoms with van der Waals surface area (Å²) in [4.78, 5) is 29.3. The highest BCUT2D eigenvalue weighted by Crippen LogP contribution is 2.14. The van der Waals surface area contributed by atoms with Crippen LogP contribution in [-0.2, 0) is 9.53 Å². The number of carbonyl (C=O) groups is 2. The van der Waals surface area contributed by atoms with Gasteiger partial charge in [0.05, 0.1) is 12.7 Å². The van der Waals surface area contributed by atoms with E-state index in [-0.39, 0.29) is 12.5 Å². The predicted octanol–water partition coefficient (Wildman–Crippen LogP) is 1.78. The van der Waals surface area contributed by atoms with E-state index >= 15 is 0 Å². The van der Waals surface area contributed by atoms with Crippen LogP contribution in [0, 0.1) is 0 Å². The number of anilines is 1. The fourth-order valence-corrected chi connectivity index (χ4v) is 1.96. The summed E-state index contributed by atoms with van der Waals surface area (Å²) >= 11 is 0. The lowest BCUT2D eigenvalue weighted by molar-refractivity contribution is -0.134. The molecule has 0 aliphatic carbocycles. The van der Waals surface area contributed by atoms with Crippen molar-refractivity contribution in [2.45, 2.75) is 26.8 Å². The number of ether oxygens (including phenoxy) is 1. The molecule has 1 aromatic rings. The highest BCUT2D eigenvalue weighted by atomic mass is 16.5. The quantitative estimate of drug-likeness (QED) is 0.614. The molecular weight excluding hydrogens is 282 g/mol. The summed E-state index contributed by atoms with van der Waals surface area (Å²) in [5.74, 6) is 0.161. The van der Waals surface area contributed by atoms with Crippen LogP contribution < -0.4 is 10.2 Å². The van der Waals surface area contributed by atoms with Crippen LogP contribution in [0.4, 0.5) is 5.82 Å². The summed E-state index contributed by atoms with van der Waals surface area (Å²) in [6.07, 6.45) is 4.35. The maximum Gasteiger partial charge on any atom is 0.330 e. The average molecular weight is 305 g/mol. The number of aromatic nitrogens is 1. The molecule has 6 heteroatoms. The lowest BCUT2D eigenvalue weighted by atomic mass is 10.2. The zero-order valence-electron chi connectivity index (χ0n) is 13.5. The van der Waals surface area contributed by atoms with Gasteiger partial charge >= 0.3 is 5.97 Å².